The predicted octanol–water partition coefficient (Wildman–Crippen LogP) is 2.71. The maximum Gasteiger partial charge on any atom is 0.255 e. The highest BCUT2D eigenvalue weighted by atomic mass is 35.5. The Balaban J connectivity index is 2.14. The van der Waals surface area contributed by atoms with Crippen molar-refractivity contribution < 1.29 is 4.79 Å². The number of nitrogens with zero attached hydrogens (tertiary/aromatic N) is 3. The first-order valence-corrected chi connectivity index (χ1v) is 6.23. The smallest absolute Gasteiger partial charge is 0.255 e. The average molecular weight is 276 g/mol. The Hall–Kier alpha value is -1.94. The van der Waals surface area contributed by atoms with Crippen molar-refractivity contribution in [3.05, 3.63) is 58.6 Å². The van der Waals surface area contributed by atoms with Crippen molar-refractivity contribution in [1.82, 2.24) is 14.9 Å². The molecule has 0 aliphatic carbocycles. The van der Waals surface area contributed by atoms with Gasteiger partial charge >= 0.3 is 0 Å². The second-order valence-electron chi connectivity index (χ2n) is 4.29. The van der Waals surface area contributed by atoms with Gasteiger partial charge in [0.25, 0.3) is 5.91 Å². The molecule has 98 valence electrons. The molecule has 0 saturated heterocycles. The van der Waals surface area contributed by atoms with Crippen LogP contribution in [0.3, 0.4) is 0 Å². The molecule has 0 fully saturated rings. The molecule has 0 radical (unpaired) electrons. The van der Waals surface area contributed by atoms with Gasteiger partial charge in [-0.3, -0.25) is 14.8 Å². The van der Waals surface area contributed by atoms with Gasteiger partial charge in [0.05, 0.1) is 22.8 Å². The molecule has 2 aromatic rings. The lowest BCUT2D eigenvalue weighted by Gasteiger charge is -2.17. The quantitative estimate of drug-likeness (QED) is 0.865. The topological polar surface area (TPSA) is 46.1 Å². The molecule has 19 heavy (non-hydrogen) atoms. The van der Waals surface area contributed by atoms with Crippen molar-refractivity contribution in [2.24, 2.45) is 0 Å². The first-order valence-electron chi connectivity index (χ1n) is 5.85. The van der Waals surface area contributed by atoms with Crippen LogP contribution in [0.4, 0.5) is 0 Å². The third kappa shape index (κ3) is 3.29. The van der Waals surface area contributed by atoms with Crippen molar-refractivity contribution in [2.45, 2.75) is 13.5 Å². The van der Waals surface area contributed by atoms with Gasteiger partial charge in [-0.25, -0.2) is 0 Å². The fourth-order valence-corrected chi connectivity index (χ4v) is 1.96. The monoisotopic (exact) mass is 275 g/mol. The van der Waals surface area contributed by atoms with Crippen molar-refractivity contribution in [3.63, 3.8) is 0 Å². The summed E-state index contributed by atoms with van der Waals surface area (Å²) in [6.45, 7) is 2.37. The molecular weight excluding hydrogens is 262 g/mol. The number of hydrogen-bond donors (Lipinski definition) is 0. The molecule has 2 rings (SSSR count). The van der Waals surface area contributed by atoms with E-state index >= 15 is 0 Å². The third-order valence-corrected chi connectivity index (χ3v) is 3.00. The predicted molar refractivity (Wildman–Crippen MR) is 74.0 cm³/mol. The third-order valence-electron chi connectivity index (χ3n) is 2.69. The van der Waals surface area contributed by atoms with Crippen LogP contribution in [0.15, 0.2) is 36.7 Å². The summed E-state index contributed by atoms with van der Waals surface area (Å²) in [4.78, 5) is 22.1. The molecule has 0 aromatic carbocycles. The lowest BCUT2D eigenvalue weighted by Crippen LogP contribution is -2.27. The fraction of sp³-hybridized carbons (Fsp3) is 0.214. The van der Waals surface area contributed by atoms with E-state index in [1.807, 2.05) is 25.1 Å². The number of aromatic nitrogens is 2. The Morgan fingerprint density at radius 3 is 2.84 bits per heavy atom. The van der Waals surface area contributed by atoms with E-state index in [9.17, 15) is 4.79 Å². The first kappa shape index (κ1) is 13.5. The number of carbonyl (C=O) groups excluding carboxylic acids is 1. The molecule has 0 bridgehead atoms. The Morgan fingerprint density at radius 2 is 2.16 bits per heavy atom. The average Bonchev–Trinajstić information content (AvgIpc) is 2.38. The SMILES string of the molecule is Cc1cccc(CN(C)C(=O)c2ccncc2Cl)n1. The van der Waals surface area contributed by atoms with Gasteiger partial charge in [0.1, 0.15) is 0 Å². The molecule has 0 saturated carbocycles. The summed E-state index contributed by atoms with van der Waals surface area (Å²) in [5.41, 5.74) is 2.23. The second-order valence-corrected chi connectivity index (χ2v) is 4.69. The molecule has 0 aliphatic heterocycles. The van der Waals surface area contributed by atoms with E-state index in [0.717, 1.165) is 11.4 Å². The Morgan fingerprint density at radius 1 is 1.37 bits per heavy atom. The van der Waals surface area contributed by atoms with Gasteiger partial charge in [-0.2, -0.15) is 0 Å². The van der Waals surface area contributed by atoms with Gasteiger partial charge in [0.15, 0.2) is 0 Å². The minimum absolute atomic E-state index is 0.143. The van der Waals surface area contributed by atoms with E-state index in [4.69, 9.17) is 11.6 Å². The standard InChI is InChI=1S/C14H14ClN3O/c1-10-4-3-5-11(17-10)9-18(2)14(19)12-6-7-16-8-13(12)15/h3-8H,9H2,1-2H3. The molecule has 0 N–H and O–H groups in total. The Kier molecular flexibility index (Phi) is 4.12. The summed E-state index contributed by atoms with van der Waals surface area (Å²) in [5.74, 6) is -0.143. The van der Waals surface area contributed by atoms with Crippen LogP contribution in [0.5, 0.6) is 0 Å². The van der Waals surface area contributed by atoms with E-state index in [-0.39, 0.29) is 5.91 Å². The van der Waals surface area contributed by atoms with E-state index in [2.05, 4.69) is 9.97 Å². The molecule has 5 heteroatoms. The first-order chi connectivity index (χ1) is 9.08. The van der Waals surface area contributed by atoms with Gasteiger partial charge in [-0.1, -0.05) is 17.7 Å². The van der Waals surface area contributed by atoms with Crippen LogP contribution in [0.25, 0.3) is 0 Å². The highest BCUT2D eigenvalue weighted by Gasteiger charge is 2.15. The molecule has 0 unspecified atom stereocenters. The highest BCUT2D eigenvalue weighted by molar-refractivity contribution is 6.33. The maximum absolute atomic E-state index is 12.2. The van der Waals surface area contributed by atoms with Crippen LogP contribution in [-0.2, 0) is 6.54 Å². The number of pyridine rings is 2. The minimum atomic E-state index is -0.143. The molecule has 2 aromatic heterocycles. The fourth-order valence-electron chi connectivity index (χ4n) is 1.76. The lowest BCUT2D eigenvalue weighted by molar-refractivity contribution is 0.0783. The van der Waals surface area contributed by atoms with Crippen LogP contribution in [-0.4, -0.2) is 27.8 Å². The van der Waals surface area contributed by atoms with Crippen molar-refractivity contribution >= 4 is 17.5 Å². The van der Waals surface area contributed by atoms with Crippen LogP contribution in [0.2, 0.25) is 5.02 Å². The number of aryl methyl sites for hydroxylation is 1. The zero-order valence-electron chi connectivity index (χ0n) is 10.8. The van der Waals surface area contributed by atoms with Gasteiger partial charge in [-0.15, -0.1) is 0 Å². The number of carbonyl (C=O) groups is 1. The highest BCUT2D eigenvalue weighted by Crippen LogP contribution is 2.16. The largest absolute Gasteiger partial charge is 0.336 e. The molecule has 0 aliphatic rings. The summed E-state index contributed by atoms with van der Waals surface area (Å²) in [6, 6.07) is 7.36. The molecular formula is C14H14ClN3O. The number of amides is 1. The number of hydrogen-bond acceptors (Lipinski definition) is 3. The van der Waals surface area contributed by atoms with Gasteiger partial charge in [0.2, 0.25) is 0 Å². The van der Waals surface area contributed by atoms with Crippen molar-refractivity contribution in [1.29, 1.82) is 0 Å². The van der Waals surface area contributed by atoms with Crippen molar-refractivity contribution in [2.75, 3.05) is 7.05 Å². The van der Waals surface area contributed by atoms with E-state index in [1.165, 1.54) is 6.20 Å². The molecule has 0 atom stereocenters. The van der Waals surface area contributed by atoms with E-state index in [0.29, 0.717) is 17.1 Å². The Labute approximate surface area is 117 Å². The van der Waals surface area contributed by atoms with E-state index in [1.54, 1.807) is 24.2 Å². The zero-order chi connectivity index (χ0) is 13.8. The summed E-state index contributed by atoms with van der Waals surface area (Å²) in [6.07, 6.45) is 3.02. The summed E-state index contributed by atoms with van der Waals surface area (Å²) in [7, 11) is 1.73. The molecule has 4 nitrogen and oxygen atoms in total. The molecule has 0 spiro atoms. The summed E-state index contributed by atoms with van der Waals surface area (Å²) < 4.78 is 0. The molecule has 1 amide bonds. The lowest BCUT2D eigenvalue weighted by atomic mass is 10.2. The van der Waals surface area contributed by atoms with Crippen LogP contribution in [0, 0.1) is 6.92 Å². The Bertz CT molecular complexity index is 601. The maximum atomic E-state index is 12.2. The van der Waals surface area contributed by atoms with Crippen LogP contribution >= 0.6 is 11.6 Å². The summed E-state index contributed by atoms with van der Waals surface area (Å²) >= 11 is 5.97. The van der Waals surface area contributed by atoms with Crippen molar-refractivity contribution in [3.8, 4) is 0 Å². The van der Waals surface area contributed by atoms with Gasteiger partial charge in [-0.05, 0) is 25.1 Å². The normalized spacial score (nSPS) is 10.3. The summed E-state index contributed by atoms with van der Waals surface area (Å²) in [5, 5.41) is 0.358. The second kappa shape index (κ2) is 5.80. The van der Waals surface area contributed by atoms with Crippen LogP contribution in [0.1, 0.15) is 21.7 Å². The molecule has 2 heterocycles. The van der Waals surface area contributed by atoms with Gasteiger partial charge < -0.3 is 4.90 Å². The zero-order valence-corrected chi connectivity index (χ0v) is 11.6. The van der Waals surface area contributed by atoms with E-state index < -0.39 is 0 Å². The number of halogens is 1. The minimum Gasteiger partial charge on any atom is -0.336 e. The van der Waals surface area contributed by atoms with Crippen LogP contribution < -0.4 is 0 Å². The number of rotatable bonds is 3. The van der Waals surface area contributed by atoms with Gasteiger partial charge in [0, 0.05) is 25.1 Å².